The summed E-state index contributed by atoms with van der Waals surface area (Å²) in [5.74, 6) is 2.45. The first-order valence-corrected chi connectivity index (χ1v) is 7.97. The first-order chi connectivity index (χ1) is 9.49. The van der Waals surface area contributed by atoms with E-state index in [-0.39, 0.29) is 5.54 Å². The first kappa shape index (κ1) is 15.4. The van der Waals surface area contributed by atoms with Crippen LogP contribution in [0.2, 0.25) is 0 Å². The highest BCUT2D eigenvalue weighted by Gasteiger charge is 2.29. The van der Waals surface area contributed by atoms with Gasteiger partial charge in [0, 0.05) is 5.54 Å². The predicted molar refractivity (Wildman–Crippen MR) is 85.4 cm³/mol. The summed E-state index contributed by atoms with van der Waals surface area (Å²) in [6, 6.07) is 8.70. The molecule has 1 fully saturated rings. The van der Waals surface area contributed by atoms with Gasteiger partial charge in [0.05, 0.1) is 6.61 Å². The third-order valence-electron chi connectivity index (χ3n) is 4.15. The van der Waals surface area contributed by atoms with Gasteiger partial charge in [0.1, 0.15) is 5.75 Å². The molecular formula is C18H29NO. The molecule has 2 unspecified atom stereocenters. The highest BCUT2D eigenvalue weighted by molar-refractivity contribution is 5.32. The molecule has 0 bridgehead atoms. The largest absolute Gasteiger partial charge is 0.494 e. The van der Waals surface area contributed by atoms with E-state index in [4.69, 9.17) is 4.74 Å². The topological polar surface area (TPSA) is 21.3 Å². The van der Waals surface area contributed by atoms with Crippen molar-refractivity contribution in [1.82, 2.24) is 5.32 Å². The van der Waals surface area contributed by atoms with E-state index < -0.39 is 0 Å². The molecule has 2 rings (SSSR count). The molecule has 2 heteroatoms. The van der Waals surface area contributed by atoms with Gasteiger partial charge >= 0.3 is 0 Å². The standard InChI is InChI=1S/C18H29NO/c1-5-20-16-10-6-8-14(12-16)17-11-7-9-15(17)13-19-18(2,3)4/h6,8,10,12,15,17,19H,5,7,9,11,13H2,1-4H3. The van der Waals surface area contributed by atoms with Crippen molar-refractivity contribution in [2.45, 2.75) is 58.4 Å². The molecule has 1 aliphatic carbocycles. The number of benzene rings is 1. The molecule has 1 N–H and O–H groups in total. The van der Waals surface area contributed by atoms with Gasteiger partial charge in [-0.3, -0.25) is 0 Å². The minimum atomic E-state index is 0.209. The van der Waals surface area contributed by atoms with Crippen molar-refractivity contribution in [2.24, 2.45) is 5.92 Å². The van der Waals surface area contributed by atoms with Gasteiger partial charge in [0.15, 0.2) is 0 Å². The number of nitrogens with one attached hydrogen (secondary N) is 1. The van der Waals surface area contributed by atoms with Crippen LogP contribution in [0, 0.1) is 5.92 Å². The summed E-state index contributed by atoms with van der Waals surface area (Å²) < 4.78 is 5.64. The fourth-order valence-corrected chi connectivity index (χ4v) is 3.16. The second-order valence-electron chi connectivity index (χ2n) is 6.93. The van der Waals surface area contributed by atoms with Crippen molar-refractivity contribution < 1.29 is 4.74 Å². The van der Waals surface area contributed by atoms with Crippen LogP contribution in [0.15, 0.2) is 24.3 Å². The molecule has 0 radical (unpaired) electrons. The van der Waals surface area contributed by atoms with E-state index in [2.05, 4.69) is 50.4 Å². The molecule has 2 nitrogen and oxygen atoms in total. The van der Waals surface area contributed by atoms with E-state index in [1.54, 1.807) is 0 Å². The zero-order chi connectivity index (χ0) is 14.6. The quantitative estimate of drug-likeness (QED) is 0.862. The van der Waals surface area contributed by atoms with E-state index in [0.717, 1.165) is 24.8 Å². The lowest BCUT2D eigenvalue weighted by Gasteiger charge is -2.27. The molecule has 1 aliphatic rings. The average Bonchev–Trinajstić information content (AvgIpc) is 2.84. The van der Waals surface area contributed by atoms with Crippen LogP contribution in [-0.4, -0.2) is 18.7 Å². The SMILES string of the molecule is CCOc1cccc(C2CCCC2CNC(C)(C)C)c1. The van der Waals surface area contributed by atoms with Crippen molar-refractivity contribution in [2.75, 3.05) is 13.2 Å². The molecule has 1 aromatic carbocycles. The summed E-state index contributed by atoms with van der Waals surface area (Å²) in [6.45, 7) is 10.6. The molecule has 1 aromatic rings. The van der Waals surface area contributed by atoms with Crippen molar-refractivity contribution in [3.8, 4) is 5.75 Å². The smallest absolute Gasteiger partial charge is 0.119 e. The van der Waals surface area contributed by atoms with Gasteiger partial charge in [0.2, 0.25) is 0 Å². The number of hydrogen-bond donors (Lipinski definition) is 1. The zero-order valence-electron chi connectivity index (χ0n) is 13.4. The summed E-state index contributed by atoms with van der Waals surface area (Å²) in [5, 5.41) is 3.67. The van der Waals surface area contributed by atoms with Crippen LogP contribution < -0.4 is 10.1 Å². The normalized spacial score (nSPS) is 23.0. The summed E-state index contributed by atoms with van der Waals surface area (Å²) in [7, 11) is 0. The molecule has 20 heavy (non-hydrogen) atoms. The Hall–Kier alpha value is -1.02. The lowest BCUT2D eigenvalue weighted by molar-refractivity contribution is 0.337. The number of rotatable bonds is 5. The van der Waals surface area contributed by atoms with Crippen LogP contribution in [0.5, 0.6) is 5.75 Å². The third-order valence-corrected chi connectivity index (χ3v) is 4.15. The maximum atomic E-state index is 5.64. The minimum Gasteiger partial charge on any atom is -0.494 e. The molecular weight excluding hydrogens is 246 g/mol. The molecule has 0 saturated heterocycles. The van der Waals surface area contributed by atoms with Crippen LogP contribution in [0.3, 0.4) is 0 Å². The Morgan fingerprint density at radius 2 is 2.05 bits per heavy atom. The van der Waals surface area contributed by atoms with Gasteiger partial charge in [-0.25, -0.2) is 0 Å². The lowest BCUT2D eigenvalue weighted by Crippen LogP contribution is -2.39. The summed E-state index contributed by atoms with van der Waals surface area (Å²) >= 11 is 0. The first-order valence-electron chi connectivity index (χ1n) is 7.97. The van der Waals surface area contributed by atoms with E-state index in [1.807, 2.05) is 6.92 Å². The van der Waals surface area contributed by atoms with Crippen molar-refractivity contribution in [1.29, 1.82) is 0 Å². The van der Waals surface area contributed by atoms with E-state index in [0.29, 0.717) is 5.92 Å². The molecule has 0 spiro atoms. The zero-order valence-corrected chi connectivity index (χ0v) is 13.4. The Kier molecular flexibility index (Phi) is 5.09. The summed E-state index contributed by atoms with van der Waals surface area (Å²) in [5.41, 5.74) is 1.66. The Morgan fingerprint density at radius 3 is 2.75 bits per heavy atom. The number of ether oxygens (including phenoxy) is 1. The van der Waals surface area contributed by atoms with Crippen molar-refractivity contribution >= 4 is 0 Å². The fourth-order valence-electron chi connectivity index (χ4n) is 3.16. The molecule has 2 atom stereocenters. The summed E-state index contributed by atoms with van der Waals surface area (Å²) in [4.78, 5) is 0. The average molecular weight is 275 g/mol. The Morgan fingerprint density at radius 1 is 1.25 bits per heavy atom. The molecule has 0 aliphatic heterocycles. The lowest BCUT2D eigenvalue weighted by atomic mass is 9.88. The second-order valence-corrected chi connectivity index (χ2v) is 6.93. The van der Waals surface area contributed by atoms with Crippen LogP contribution in [0.4, 0.5) is 0 Å². The molecule has 0 aromatic heterocycles. The highest BCUT2D eigenvalue weighted by atomic mass is 16.5. The van der Waals surface area contributed by atoms with Crippen LogP contribution in [0.1, 0.15) is 58.4 Å². The van der Waals surface area contributed by atoms with Crippen molar-refractivity contribution in [3.05, 3.63) is 29.8 Å². The second kappa shape index (κ2) is 6.62. The fraction of sp³-hybridized carbons (Fsp3) is 0.667. The maximum Gasteiger partial charge on any atom is 0.119 e. The van der Waals surface area contributed by atoms with Gasteiger partial charge in [-0.15, -0.1) is 0 Å². The summed E-state index contributed by atoms with van der Waals surface area (Å²) in [6.07, 6.45) is 4.00. The van der Waals surface area contributed by atoms with Crippen LogP contribution >= 0.6 is 0 Å². The van der Waals surface area contributed by atoms with Crippen molar-refractivity contribution in [3.63, 3.8) is 0 Å². The van der Waals surface area contributed by atoms with Gasteiger partial charge in [-0.1, -0.05) is 18.6 Å². The van der Waals surface area contributed by atoms with Gasteiger partial charge in [0.25, 0.3) is 0 Å². The predicted octanol–water partition coefficient (Wildman–Crippen LogP) is 4.36. The van der Waals surface area contributed by atoms with E-state index in [1.165, 1.54) is 24.8 Å². The number of hydrogen-bond acceptors (Lipinski definition) is 2. The molecule has 112 valence electrons. The van der Waals surface area contributed by atoms with Gasteiger partial charge in [-0.2, -0.15) is 0 Å². The van der Waals surface area contributed by atoms with Crippen LogP contribution in [-0.2, 0) is 0 Å². The molecule has 1 saturated carbocycles. The minimum absolute atomic E-state index is 0.209. The molecule has 0 amide bonds. The van der Waals surface area contributed by atoms with E-state index in [9.17, 15) is 0 Å². The van der Waals surface area contributed by atoms with E-state index >= 15 is 0 Å². The van der Waals surface area contributed by atoms with Gasteiger partial charge in [-0.05, 0) is 76.6 Å². The Labute approximate surface area is 123 Å². The monoisotopic (exact) mass is 275 g/mol. The van der Waals surface area contributed by atoms with Gasteiger partial charge < -0.3 is 10.1 Å². The van der Waals surface area contributed by atoms with Crippen LogP contribution in [0.25, 0.3) is 0 Å². The third kappa shape index (κ3) is 4.24. The Bertz CT molecular complexity index is 422. The molecule has 0 heterocycles. The Balaban J connectivity index is 2.04. The maximum absolute atomic E-state index is 5.64. The highest BCUT2D eigenvalue weighted by Crippen LogP contribution is 2.40.